The molecule has 0 aliphatic rings. The number of carbonyl (C=O) groups is 3. The van der Waals surface area contributed by atoms with Gasteiger partial charge in [0.2, 0.25) is 6.41 Å². The molecule has 0 atom stereocenters. The highest BCUT2D eigenvalue weighted by atomic mass is 79.9. The third-order valence-corrected chi connectivity index (χ3v) is 4.61. The highest BCUT2D eigenvalue weighted by molar-refractivity contribution is 9.10. The quantitative estimate of drug-likeness (QED) is 0.460. The minimum absolute atomic E-state index is 0.284. The summed E-state index contributed by atoms with van der Waals surface area (Å²) in [7, 11) is 1.68. The lowest BCUT2D eigenvalue weighted by Gasteiger charge is -2.15. The van der Waals surface area contributed by atoms with Crippen molar-refractivity contribution in [1.29, 1.82) is 0 Å². The lowest BCUT2D eigenvalue weighted by atomic mass is 10.1. The summed E-state index contributed by atoms with van der Waals surface area (Å²) in [5, 5.41) is 2.82. The Morgan fingerprint density at radius 2 is 1.94 bits per heavy atom. The molecule has 1 aromatic heterocycles. The number of anilines is 1. The van der Waals surface area contributed by atoms with Gasteiger partial charge in [-0.2, -0.15) is 0 Å². The van der Waals surface area contributed by atoms with E-state index in [0.29, 0.717) is 30.1 Å². The molecule has 0 bridgehead atoms. The van der Waals surface area contributed by atoms with Crippen LogP contribution in [0.15, 0.2) is 71.3 Å². The second kappa shape index (κ2) is 13.0. The van der Waals surface area contributed by atoms with Crippen LogP contribution in [0.2, 0.25) is 0 Å². The average molecular weight is 498 g/mol. The van der Waals surface area contributed by atoms with Gasteiger partial charge in [-0.05, 0) is 55.0 Å². The zero-order valence-corrected chi connectivity index (χ0v) is 19.4. The Balaban J connectivity index is 0.000000278. The second-order valence-electron chi connectivity index (χ2n) is 6.61. The predicted molar refractivity (Wildman–Crippen MR) is 127 cm³/mol. The number of aldehydes is 1. The van der Waals surface area contributed by atoms with E-state index in [2.05, 4.69) is 26.2 Å². The summed E-state index contributed by atoms with van der Waals surface area (Å²) in [6.45, 7) is 2.94. The molecule has 166 valence electrons. The first-order valence-corrected chi connectivity index (χ1v) is 10.6. The molecular weight excluding hydrogens is 474 g/mol. The van der Waals surface area contributed by atoms with Crippen molar-refractivity contribution in [2.45, 2.75) is 13.5 Å². The molecule has 2 amide bonds. The van der Waals surface area contributed by atoms with Crippen LogP contribution in [0.4, 0.5) is 5.69 Å². The van der Waals surface area contributed by atoms with Crippen molar-refractivity contribution < 1.29 is 19.1 Å². The molecule has 3 aromatic rings. The number of nitrogens with one attached hydrogen (secondary N) is 1. The Morgan fingerprint density at radius 3 is 2.59 bits per heavy atom. The molecule has 0 unspecified atom stereocenters. The van der Waals surface area contributed by atoms with Crippen molar-refractivity contribution in [2.75, 3.05) is 19.0 Å². The normalized spacial score (nSPS) is 9.72. The van der Waals surface area contributed by atoms with Gasteiger partial charge in [0.25, 0.3) is 5.91 Å². The predicted octanol–water partition coefficient (Wildman–Crippen LogP) is 4.58. The molecule has 0 spiro atoms. The Hall–Kier alpha value is -3.52. The third-order valence-electron chi connectivity index (χ3n) is 4.12. The van der Waals surface area contributed by atoms with Crippen LogP contribution in [0.1, 0.15) is 33.3 Å². The summed E-state index contributed by atoms with van der Waals surface area (Å²) in [5.74, 6) is 0.463. The van der Waals surface area contributed by atoms with Gasteiger partial charge in [-0.3, -0.25) is 19.4 Å². The van der Waals surface area contributed by atoms with Gasteiger partial charge in [-0.15, -0.1) is 0 Å². The summed E-state index contributed by atoms with van der Waals surface area (Å²) < 4.78 is 6.07. The summed E-state index contributed by atoms with van der Waals surface area (Å²) in [4.78, 5) is 38.7. The fourth-order valence-electron chi connectivity index (χ4n) is 2.65. The lowest BCUT2D eigenvalue weighted by molar-refractivity contribution is -0.117. The van der Waals surface area contributed by atoms with E-state index >= 15 is 0 Å². The van der Waals surface area contributed by atoms with Gasteiger partial charge in [-0.1, -0.05) is 34.1 Å². The van der Waals surface area contributed by atoms with E-state index in [1.165, 1.54) is 4.90 Å². The van der Waals surface area contributed by atoms with Crippen molar-refractivity contribution in [3.05, 3.63) is 88.2 Å². The molecule has 8 heteroatoms. The number of nitrogens with zero attached hydrogens (tertiary/aromatic N) is 2. The average Bonchev–Trinajstić information content (AvgIpc) is 2.82. The Morgan fingerprint density at radius 1 is 1.12 bits per heavy atom. The van der Waals surface area contributed by atoms with Crippen molar-refractivity contribution in [3.8, 4) is 5.75 Å². The van der Waals surface area contributed by atoms with E-state index in [1.807, 2.05) is 25.1 Å². The summed E-state index contributed by atoms with van der Waals surface area (Å²) in [6.07, 6.45) is 3.12. The fourth-order valence-corrected chi connectivity index (χ4v) is 3.06. The molecule has 32 heavy (non-hydrogen) atoms. The maximum absolute atomic E-state index is 12.1. The lowest BCUT2D eigenvalue weighted by Crippen LogP contribution is -2.19. The Bertz CT molecular complexity index is 1040. The topological polar surface area (TPSA) is 88.6 Å². The second-order valence-corrected chi connectivity index (χ2v) is 7.53. The number of hydrogen-bond donors (Lipinski definition) is 1. The molecule has 0 fully saturated rings. The number of aromatic nitrogens is 1. The van der Waals surface area contributed by atoms with Gasteiger partial charge >= 0.3 is 0 Å². The number of benzene rings is 2. The summed E-state index contributed by atoms with van der Waals surface area (Å²) in [5.41, 5.74) is 2.48. The van der Waals surface area contributed by atoms with Crippen LogP contribution in [0.5, 0.6) is 5.75 Å². The van der Waals surface area contributed by atoms with Crippen LogP contribution in [0.25, 0.3) is 0 Å². The molecule has 1 heterocycles. The summed E-state index contributed by atoms with van der Waals surface area (Å²) in [6, 6.07) is 17.7. The third kappa shape index (κ3) is 7.96. The maximum Gasteiger partial charge on any atom is 0.274 e. The molecule has 2 aromatic carbocycles. The SMILES string of the molecule is CCOc1cccc(C=O)c1.CN(C=O)Cc1cc(Br)ccc1NC(=O)c1ccccn1. The van der Waals surface area contributed by atoms with Crippen LogP contribution in [-0.4, -0.2) is 42.1 Å². The molecule has 3 rings (SSSR count). The van der Waals surface area contributed by atoms with Gasteiger partial charge in [0, 0.05) is 35.5 Å². The largest absolute Gasteiger partial charge is 0.494 e. The van der Waals surface area contributed by atoms with Gasteiger partial charge in [0.05, 0.1) is 6.61 Å². The molecule has 0 aliphatic carbocycles. The highest BCUT2D eigenvalue weighted by Gasteiger charge is 2.11. The van der Waals surface area contributed by atoms with Crippen LogP contribution in [0, 0.1) is 0 Å². The molecule has 0 saturated heterocycles. The standard InChI is InChI=1S/C15H14BrN3O2.C9H10O2/c1-19(10-20)9-11-8-12(16)5-6-13(11)18-15(21)14-4-2-3-7-17-14;1-2-11-9-5-3-4-8(6-9)7-10/h2-8,10H,9H2,1H3,(H,18,21);3-7H,2H2,1H3. The molecule has 0 aliphatic heterocycles. The van der Waals surface area contributed by atoms with Crippen LogP contribution >= 0.6 is 15.9 Å². The number of amides is 2. The van der Waals surface area contributed by atoms with E-state index in [9.17, 15) is 14.4 Å². The minimum atomic E-state index is -0.284. The Kier molecular flexibility index (Phi) is 10.1. The Labute approximate surface area is 195 Å². The number of pyridine rings is 1. The highest BCUT2D eigenvalue weighted by Crippen LogP contribution is 2.22. The number of ether oxygens (including phenoxy) is 1. The first kappa shape index (κ1) is 24.7. The van der Waals surface area contributed by atoms with Crippen molar-refractivity contribution >= 4 is 40.2 Å². The van der Waals surface area contributed by atoms with E-state index in [0.717, 1.165) is 28.5 Å². The van der Waals surface area contributed by atoms with Crippen molar-refractivity contribution in [2.24, 2.45) is 0 Å². The fraction of sp³-hybridized carbons (Fsp3) is 0.167. The van der Waals surface area contributed by atoms with Crippen molar-refractivity contribution in [3.63, 3.8) is 0 Å². The molecule has 0 radical (unpaired) electrons. The molecule has 7 nitrogen and oxygen atoms in total. The maximum atomic E-state index is 12.1. The summed E-state index contributed by atoms with van der Waals surface area (Å²) >= 11 is 3.39. The number of halogens is 1. The first-order chi connectivity index (χ1) is 15.5. The smallest absolute Gasteiger partial charge is 0.274 e. The van der Waals surface area contributed by atoms with Crippen molar-refractivity contribution in [1.82, 2.24) is 9.88 Å². The monoisotopic (exact) mass is 497 g/mol. The molecular formula is C24H24BrN3O4. The number of carbonyl (C=O) groups excluding carboxylic acids is 3. The first-order valence-electron chi connectivity index (χ1n) is 9.81. The minimum Gasteiger partial charge on any atom is -0.494 e. The van der Waals surface area contributed by atoms with E-state index < -0.39 is 0 Å². The van der Waals surface area contributed by atoms with Gasteiger partial charge in [0.1, 0.15) is 17.7 Å². The van der Waals surface area contributed by atoms with Gasteiger partial charge in [-0.25, -0.2) is 0 Å². The van der Waals surface area contributed by atoms with Crippen LogP contribution in [-0.2, 0) is 11.3 Å². The van der Waals surface area contributed by atoms with Gasteiger partial charge in [0.15, 0.2) is 0 Å². The van der Waals surface area contributed by atoms with E-state index in [4.69, 9.17) is 4.74 Å². The molecule has 1 N–H and O–H groups in total. The number of hydrogen-bond acceptors (Lipinski definition) is 5. The zero-order valence-electron chi connectivity index (χ0n) is 17.8. The van der Waals surface area contributed by atoms with E-state index in [1.54, 1.807) is 55.7 Å². The van der Waals surface area contributed by atoms with Gasteiger partial charge < -0.3 is 15.0 Å². The molecule has 0 saturated carbocycles. The van der Waals surface area contributed by atoms with E-state index in [-0.39, 0.29) is 5.91 Å². The zero-order chi connectivity index (χ0) is 23.3. The van der Waals surface area contributed by atoms with Crippen LogP contribution in [0.3, 0.4) is 0 Å². The number of rotatable bonds is 8. The van der Waals surface area contributed by atoms with Crippen LogP contribution < -0.4 is 10.1 Å².